The van der Waals surface area contributed by atoms with E-state index in [2.05, 4.69) is 10.5 Å². The third-order valence-corrected chi connectivity index (χ3v) is 4.15. The van der Waals surface area contributed by atoms with Crippen molar-refractivity contribution < 1.29 is 24.2 Å². The molecule has 2 N–H and O–H groups in total. The summed E-state index contributed by atoms with van der Waals surface area (Å²) in [6, 6.07) is 17.4. The highest BCUT2D eigenvalue weighted by Crippen LogP contribution is 2.24. The number of fused-ring (bicyclic) bond motifs is 1. The highest BCUT2D eigenvalue weighted by Gasteiger charge is 2.16. The number of amides is 1. The second kappa shape index (κ2) is 9.30. The number of phenols is 1. The number of benzene rings is 3. The minimum atomic E-state index is -0.561. The summed E-state index contributed by atoms with van der Waals surface area (Å²) in [6.07, 6.45) is 1.47. The summed E-state index contributed by atoms with van der Waals surface area (Å²) in [5.74, 6) is -0.569. The van der Waals surface area contributed by atoms with Crippen LogP contribution in [0.4, 0.5) is 0 Å². The highest BCUT2D eigenvalue weighted by atomic mass is 16.6. The third kappa shape index (κ3) is 6.30. The van der Waals surface area contributed by atoms with E-state index in [1.54, 1.807) is 57.2 Å². The smallest absolute Gasteiger partial charge is 0.344 e. The maximum atomic E-state index is 12.4. The van der Waals surface area contributed by atoms with Crippen LogP contribution in [0, 0.1) is 0 Å². The van der Waals surface area contributed by atoms with Crippen LogP contribution in [-0.4, -0.2) is 35.4 Å². The van der Waals surface area contributed by atoms with Gasteiger partial charge in [0.2, 0.25) is 0 Å². The largest absolute Gasteiger partial charge is 0.507 e. The van der Waals surface area contributed by atoms with Crippen molar-refractivity contribution >= 4 is 28.9 Å². The molecule has 3 aromatic rings. The van der Waals surface area contributed by atoms with Gasteiger partial charge in [0, 0.05) is 0 Å². The lowest BCUT2D eigenvalue weighted by atomic mass is 10.1. The van der Waals surface area contributed by atoms with E-state index in [0.717, 1.165) is 10.8 Å². The Morgan fingerprint density at radius 1 is 1.03 bits per heavy atom. The average molecular weight is 420 g/mol. The van der Waals surface area contributed by atoms with Gasteiger partial charge in [0.1, 0.15) is 17.1 Å². The first-order valence-corrected chi connectivity index (χ1v) is 9.71. The summed E-state index contributed by atoms with van der Waals surface area (Å²) in [7, 11) is 0. The Labute approximate surface area is 180 Å². The van der Waals surface area contributed by atoms with E-state index in [9.17, 15) is 14.7 Å². The molecule has 3 rings (SSSR count). The van der Waals surface area contributed by atoms with Crippen LogP contribution in [0.25, 0.3) is 10.8 Å². The average Bonchev–Trinajstić information content (AvgIpc) is 2.71. The van der Waals surface area contributed by atoms with Crippen molar-refractivity contribution in [1.82, 2.24) is 5.43 Å². The number of nitrogens with one attached hydrogen (secondary N) is 1. The van der Waals surface area contributed by atoms with Crippen molar-refractivity contribution in [2.45, 2.75) is 26.4 Å². The summed E-state index contributed by atoms with van der Waals surface area (Å²) in [5.41, 5.74) is 2.70. The fraction of sp³-hybridized carbons (Fsp3) is 0.208. The number of hydrogen-bond donors (Lipinski definition) is 2. The number of carbonyl (C=O) groups is 2. The monoisotopic (exact) mass is 420 g/mol. The summed E-state index contributed by atoms with van der Waals surface area (Å²) in [4.78, 5) is 24.0. The molecule has 7 nitrogen and oxygen atoms in total. The molecule has 0 aliphatic carbocycles. The molecule has 0 aliphatic heterocycles. The maximum absolute atomic E-state index is 12.4. The molecule has 0 heterocycles. The predicted octanol–water partition coefficient (Wildman–Crippen LogP) is 4.03. The Balaban J connectivity index is 1.56. The highest BCUT2D eigenvalue weighted by molar-refractivity contribution is 6.01. The zero-order valence-electron chi connectivity index (χ0n) is 17.6. The van der Waals surface area contributed by atoms with Crippen molar-refractivity contribution in [2.24, 2.45) is 5.10 Å². The van der Waals surface area contributed by atoms with Gasteiger partial charge in [-0.15, -0.1) is 0 Å². The van der Waals surface area contributed by atoms with Crippen molar-refractivity contribution in [1.29, 1.82) is 0 Å². The molecule has 31 heavy (non-hydrogen) atoms. The molecular weight excluding hydrogens is 396 g/mol. The van der Waals surface area contributed by atoms with E-state index in [-0.39, 0.29) is 17.9 Å². The van der Waals surface area contributed by atoms with Crippen molar-refractivity contribution in [3.05, 3.63) is 71.8 Å². The Hall–Kier alpha value is -3.87. The number of rotatable bonds is 6. The number of carbonyl (C=O) groups excluding carboxylic acids is 2. The lowest BCUT2D eigenvalue weighted by Gasteiger charge is -2.19. The van der Waals surface area contributed by atoms with Gasteiger partial charge >= 0.3 is 5.97 Å². The predicted molar refractivity (Wildman–Crippen MR) is 118 cm³/mol. The van der Waals surface area contributed by atoms with Gasteiger partial charge in [-0.25, -0.2) is 10.2 Å². The molecular formula is C24H24N2O5. The van der Waals surface area contributed by atoms with Gasteiger partial charge in [-0.2, -0.15) is 5.10 Å². The molecule has 3 aromatic carbocycles. The lowest BCUT2D eigenvalue weighted by Crippen LogP contribution is -2.27. The summed E-state index contributed by atoms with van der Waals surface area (Å²) in [6.45, 7) is 5.19. The molecule has 0 unspecified atom stereocenters. The summed E-state index contributed by atoms with van der Waals surface area (Å²) < 4.78 is 10.6. The second-order valence-corrected chi connectivity index (χ2v) is 7.86. The number of hydrazone groups is 1. The molecule has 0 fully saturated rings. The number of nitrogens with zero attached hydrogens (tertiary/aromatic N) is 1. The van der Waals surface area contributed by atoms with E-state index >= 15 is 0 Å². The normalized spacial score (nSPS) is 11.5. The van der Waals surface area contributed by atoms with Gasteiger partial charge in [-0.3, -0.25) is 4.79 Å². The molecule has 0 aliphatic rings. The van der Waals surface area contributed by atoms with Crippen LogP contribution in [0.15, 0.2) is 65.8 Å². The minimum Gasteiger partial charge on any atom is -0.507 e. The van der Waals surface area contributed by atoms with Crippen LogP contribution in [0.2, 0.25) is 0 Å². The Morgan fingerprint density at radius 3 is 2.32 bits per heavy atom. The Kier molecular flexibility index (Phi) is 6.55. The zero-order chi connectivity index (χ0) is 22.4. The molecule has 0 radical (unpaired) electrons. The van der Waals surface area contributed by atoms with Gasteiger partial charge < -0.3 is 14.6 Å². The first-order valence-electron chi connectivity index (χ1n) is 9.71. The van der Waals surface area contributed by atoms with E-state index in [0.29, 0.717) is 11.3 Å². The van der Waals surface area contributed by atoms with Crippen LogP contribution < -0.4 is 10.2 Å². The molecule has 160 valence electrons. The molecule has 0 aromatic heterocycles. The SMILES string of the molecule is CC(C)(C)OC(=O)COc1ccc(/C=N/NC(=O)c2cc3ccccc3cc2O)cc1. The fourth-order valence-electron chi connectivity index (χ4n) is 2.80. The van der Waals surface area contributed by atoms with Crippen molar-refractivity contribution in [2.75, 3.05) is 6.61 Å². The zero-order valence-corrected chi connectivity index (χ0v) is 17.6. The number of ether oxygens (including phenoxy) is 2. The van der Waals surface area contributed by atoms with Crippen LogP contribution in [0.5, 0.6) is 11.5 Å². The van der Waals surface area contributed by atoms with Crippen LogP contribution in [-0.2, 0) is 9.53 Å². The van der Waals surface area contributed by atoms with Gasteiger partial charge in [-0.1, -0.05) is 24.3 Å². The molecule has 0 atom stereocenters. The van der Waals surface area contributed by atoms with Gasteiger partial charge in [-0.05, 0) is 73.5 Å². The first-order chi connectivity index (χ1) is 14.7. The molecule has 1 amide bonds. The molecule has 7 heteroatoms. The molecule has 0 saturated heterocycles. The maximum Gasteiger partial charge on any atom is 0.344 e. The summed E-state index contributed by atoms with van der Waals surface area (Å²) in [5, 5.41) is 15.7. The van der Waals surface area contributed by atoms with E-state index in [1.165, 1.54) is 6.21 Å². The number of aromatic hydroxyl groups is 1. The number of esters is 1. The van der Waals surface area contributed by atoms with Crippen LogP contribution in [0.1, 0.15) is 36.7 Å². The Bertz CT molecular complexity index is 1120. The molecule has 0 bridgehead atoms. The topological polar surface area (TPSA) is 97.2 Å². The van der Waals surface area contributed by atoms with Crippen molar-refractivity contribution in [3.63, 3.8) is 0 Å². The van der Waals surface area contributed by atoms with E-state index < -0.39 is 17.5 Å². The fourth-order valence-corrected chi connectivity index (χ4v) is 2.80. The van der Waals surface area contributed by atoms with E-state index in [1.807, 2.05) is 24.3 Å². The lowest BCUT2D eigenvalue weighted by molar-refractivity contribution is -0.157. The minimum absolute atomic E-state index is 0.113. The number of hydrogen-bond acceptors (Lipinski definition) is 6. The molecule has 0 spiro atoms. The molecule has 0 saturated carbocycles. The summed E-state index contributed by atoms with van der Waals surface area (Å²) >= 11 is 0. The van der Waals surface area contributed by atoms with Crippen LogP contribution in [0.3, 0.4) is 0 Å². The van der Waals surface area contributed by atoms with E-state index in [4.69, 9.17) is 9.47 Å². The van der Waals surface area contributed by atoms with Crippen LogP contribution >= 0.6 is 0 Å². The van der Waals surface area contributed by atoms with Gasteiger partial charge in [0.15, 0.2) is 6.61 Å². The second-order valence-electron chi connectivity index (χ2n) is 7.86. The van der Waals surface area contributed by atoms with Crippen molar-refractivity contribution in [3.8, 4) is 11.5 Å². The number of phenolic OH excluding ortho intramolecular Hbond substituents is 1. The Morgan fingerprint density at radius 2 is 1.68 bits per heavy atom. The van der Waals surface area contributed by atoms with Gasteiger partial charge in [0.05, 0.1) is 11.8 Å². The quantitative estimate of drug-likeness (QED) is 0.356. The van der Waals surface area contributed by atoms with Gasteiger partial charge in [0.25, 0.3) is 5.91 Å². The third-order valence-electron chi connectivity index (χ3n) is 4.15. The first kappa shape index (κ1) is 21.8. The standard InChI is InChI=1S/C24H24N2O5/c1-24(2,3)31-22(28)15-30-19-10-8-16(9-11-19)14-25-26-23(29)20-12-17-6-4-5-7-18(17)13-21(20)27/h4-14,27H,15H2,1-3H3,(H,26,29)/b25-14+.